The van der Waals surface area contributed by atoms with Crippen LogP contribution in [0.15, 0.2) is 23.0 Å². The van der Waals surface area contributed by atoms with Gasteiger partial charge in [-0.2, -0.15) is 0 Å². The molecule has 0 fully saturated rings. The number of thiocarbonyl (C=S) groups is 1. The molecule has 0 saturated heterocycles. The van der Waals surface area contributed by atoms with E-state index in [4.69, 9.17) is 18.0 Å². The number of aryl methyl sites for hydroxylation is 1. The molecule has 0 aliphatic carbocycles. The average Bonchev–Trinajstić information content (AvgIpc) is 2.65. The molecule has 3 aromatic rings. The number of hydrogen-bond acceptors (Lipinski definition) is 4. The summed E-state index contributed by atoms with van der Waals surface area (Å²) in [5.41, 5.74) is 7.67. The van der Waals surface area contributed by atoms with Gasteiger partial charge in [-0.15, -0.1) is 0 Å². The van der Waals surface area contributed by atoms with Crippen molar-refractivity contribution >= 4 is 34.0 Å². The molecule has 0 spiro atoms. The molecule has 0 unspecified atom stereocenters. The number of rotatable bonds is 1. The molecule has 1 aromatic carbocycles. The summed E-state index contributed by atoms with van der Waals surface area (Å²) >= 11 is 4.77. The molecule has 0 radical (unpaired) electrons. The van der Waals surface area contributed by atoms with Crippen molar-refractivity contribution in [3.05, 3.63) is 39.8 Å². The maximum Gasteiger partial charge on any atom is 0.291 e. The summed E-state index contributed by atoms with van der Waals surface area (Å²) in [6.07, 6.45) is 0. The Kier molecular flexibility index (Phi) is 2.17. The van der Waals surface area contributed by atoms with Crippen LogP contribution in [0.4, 0.5) is 0 Å². The van der Waals surface area contributed by atoms with Crippen LogP contribution in [0.25, 0.3) is 16.8 Å². The normalized spacial score (nSPS) is 11.2. The first kappa shape index (κ1) is 10.8. The van der Waals surface area contributed by atoms with E-state index in [0.717, 1.165) is 16.6 Å². The van der Waals surface area contributed by atoms with Crippen LogP contribution in [-0.4, -0.2) is 24.6 Å². The molecular weight excluding hydrogens is 250 g/mol. The molecule has 3 rings (SSSR count). The fraction of sp³-hybridized carbons (Fsp3) is 0.0909. The molecular formula is C11H9N5OS. The molecule has 0 aliphatic heterocycles. The largest absolute Gasteiger partial charge is 0.388 e. The highest BCUT2D eigenvalue weighted by atomic mass is 32.1. The van der Waals surface area contributed by atoms with Crippen LogP contribution < -0.4 is 11.3 Å². The van der Waals surface area contributed by atoms with Gasteiger partial charge in [0.25, 0.3) is 11.3 Å². The van der Waals surface area contributed by atoms with Gasteiger partial charge in [-0.1, -0.05) is 18.3 Å². The van der Waals surface area contributed by atoms with Gasteiger partial charge < -0.3 is 5.73 Å². The fourth-order valence-corrected chi connectivity index (χ4v) is 1.97. The van der Waals surface area contributed by atoms with Crippen LogP contribution in [0.3, 0.4) is 0 Å². The monoisotopic (exact) mass is 259 g/mol. The molecule has 2 heterocycles. The second-order valence-corrected chi connectivity index (χ2v) is 4.44. The van der Waals surface area contributed by atoms with E-state index in [1.165, 1.54) is 4.52 Å². The van der Waals surface area contributed by atoms with Crippen LogP contribution in [0.5, 0.6) is 0 Å². The van der Waals surface area contributed by atoms with E-state index in [-0.39, 0.29) is 10.7 Å². The van der Waals surface area contributed by atoms with Gasteiger partial charge in [0.1, 0.15) is 4.99 Å². The minimum atomic E-state index is -0.421. The average molecular weight is 259 g/mol. The number of nitrogens with zero attached hydrogens (tertiary/aromatic N) is 3. The molecule has 2 aromatic heterocycles. The summed E-state index contributed by atoms with van der Waals surface area (Å²) in [4.78, 5) is 20.1. The quantitative estimate of drug-likeness (QED) is 0.622. The Morgan fingerprint density at radius 3 is 2.94 bits per heavy atom. The number of benzene rings is 1. The topological polar surface area (TPSA) is 89.1 Å². The lowest BCUT2D eigenvalue weighted by Gasteiger charge is -1.98. The lowest BCUT2D eigenvalue weighted by molar-refractivity contribution is 0.888. The molecule has 7 heteroatoms. The number of aromatic amines is 1. The van der Waals surface area contributed by atoms with Crippen molar-refractivity contribution in [1.29, 1.82) is 0 Å². The predicted octanol–water partition coefficient (Wildman–Crippen LogP) is 0.513. The fourth-order valence-electron chi connectivity index (χ4n) is 1.83. The van der Waals surface area contributed by atoms with Crippen molar-refractivity contribution in [3.8, 4) is 0 Å². The zero-order valence-electron chi connectivity index (χ0n) is 9.47. The van der Waals surface area contributed by atoms with Gasteiger partial charge in [0, 0.05) is 0 Å². The van der Waals surface area contributed by atoms with Gasteiger partial charge in [0.05, 0.1) is 11.0 Å². The van der Waals surface area contributed by atoms with Crippen LogP contribution in [0.1, 0.15) is 11.3 Å². The van der Waals surface area contributed by atoms with Gasteiger partial charge in [-0.25, -0.2) is 14.5 Å². The number of nitrogens with two attached hydrogens (primary N) is 1. The smallest absolute Gasteiger partial charge is 0.291 e. The highest BCUT2D eigenvalue weighted by Gasteiger charge is 2.11. The lowest BCUT2D eigenvalue weighted by atomic mass is 10.2. The first-order chi connectivity index (χ1) is 8.56. The number of fused-ring (bicyclic) bond motifs is 3. The minimum Gasteiger partial charge on any atom is -0.388 e. The minimum absolute atomic E-state index is 0.0320. The third-order valence-electron chi connectivity index (χ3n) is 2.67. The van der Waals surface area contributed by atoms with Crippen molar-refractivity contribution in [2.75, 3.05) is 0 Å². The van der Waals surface area contributed by atoms with Crippen molar-refractivity contribution in [2.24, 2.45) is 5.73 Å². The molecule has 6 nitrogen and oxygen atoms in total. The molecule has 18 heavy (non-hydrogen) atoms. The maximum absolute atomic E-state index is 11.8. The lowest BCUT2D eigenvalue weighted by Crippen LogP contribution is -2.26. The third-order valence-corrected chi connectivity index (χ3v) is 2.86. The number of hydrogen-bond donors (Lipinski definition) is 2. The second-order valence-electron chi connectivity index (χ2n) is 4.00. The highest BCUT2D eigenvalue weighted by molar-refractivity contribution is 7.80. The van der Waals surface area contributed by atoms with E-state index < -0.39 is 5.56 Å². The standard InChI is InChI=1S/C11H9N5OS/c1-5-2-3-6-7(4-5)16-11(13-6)14-8(9(12)18)10(17)15-16/h2-4H,1H3,(H2,12,18)(H,15,17). The molecule has 0 saturated carbocycles. The summed E-state index contributed by atoms with van der Waals surface area (Å²) in [6.45, 7) is 1.97. The Bertz CT molecular complexity index is 848. The molecule has 3 N–H and O–H groups in total. The van der Waals surface area contributed by atoms with E-state index in [9.17, 15) is 4.79 Å². The van der Waals surface area contributed by atoms with E-state index in [2.05, 4.69) is 15.1 Å². The Labute approximate surface area is 106 Å². The SMILES string of the molecule is Cc1ccc2nc3nc(C(N)=S)c(=O)[nH]n3c2c1. The second kappa shape index (κ2) is 3.61. The van der Waals surface area contributed by atoms with Gasteiger partial charge in [0.2, 0.25) is 0 Å². The van der Waals surface area contributed by atoms with Crippen molar-refractivity contribution in [2.45, 2.75) is 6.92 Å². The van der Waals surface area contributed by atoms with Crippen molar-refractivity contribution < 1.29 is 0 Å². The van der Waals surface area contributed by atoms with E-state index >= 15 is 0 Å². The van der Waals surface area contributed by atoms with Gasteiger partial charge in [-0.05, 0) is 24.6 Å². The van der Waals surface area contributed by atoms with Crippen LogP contribution >= 0.6 is 12.2 Å². The van der Waals surface area contributed by atoms with Gasteiger partial charge in [0.15, 0.2) is 5.69 Å². The van der Waals surface area contributed by atoms with Crippen molar-refractivity contribution in [3.63, 3.8) is 0 Å². The number of H-pyrrole nitrogens is 1. The van der Waals surface area contributed by atoms with Crippen LogP contribution in [0, 0.1) is 6.92 Å². The summed E-state index contributed by atoms with van der Waals surface area (Å²) in [5.74, 6) is 0.373. The first-order valence-electron chi connectivity index (χ1n) is 5.25. The van der Waals surface area contributed by atoms with Crippen LogP contribution in [-0.2, 0) is 0 Å². The zero-order chi connectivity index (χ0) is 12.9. The Hall–Kier alpha value is -2.28. The van der Waals surface area contributed by atoms with Crippen molar-refractivity contribution in [1.82, 2.24) is 19.6 Å². The predicted molar refractivity (Wildman–Crippen MR) is 71.7 cm³/mol. The van der Waals surface area contributed by atoms with Crippen LogP contribution in [0.2, 0.25) is 0 Å². The molecule has 0 aliphatic rings. The number of nitrogens with one attached hydrogen (secondary N) is 1. The highest BCUT2D eigenvalue weighted by Crippen LogP contribution is 2.15. The maximum atomic E-state index is 11.8. The molecule has 90 valence electrons. The van der Waals surface area contributed by atoms with Gasteiger partial charge in [-0.3, -0.25) is 9.89 Å². The summed E-state index contributed by atoms with van der Waals surface area (Å²) in [5, 5.41) is 2.66. The summed E-state index contributed by atoms with van der Waals surface area (Å²) in [7, 11) is 0. The number of imidazole rings is 1. The summed E-state index contributed by atoms with van der Waals surface area (Å²) < 4.78 is 1.53. The first-order valence-corrected chi connectivity index (χ1v) is 5.66. The third kappa shape index (κ3) is 1.48. The Balaban J connectivity index is 2.48. The Morgan fingerprint density at radius 2 is 2.22 bits per heavy atom. The molecule has 0 atom stereocenters. The van der Waals surface area contributed by atoms with Gasteiger partial charge >= 0.3 is 0 Å². The molecule has 0 amide bonds. The van der Waals surface area contributed by atoms with E-state index in [1.54, 1.807) is 0 Å². The van der Waals surface area contributed by atoms with E-state index in [1.807, 2.05) is 25.1 Å². The zero-order valence-corrected chi connectivity index (χ0v) is 10.3. The van der Waals surface area contributed by atoms with E-state index in [0.29, 0.717) is 5.78 Å². The molecule has 0 bridgehead atoms. The Morgan fingerprint density at radius 1 is 1.44 bits per heavy atom. The number of aromatic nitrogens is 4. The summed E-state index contributed by atoms with van der Waals surface area (Å²) in [6, 6.07) is 5.74.